The van der Waals surface area contributed by atoms with Crippen LogP contribution in [0.2, 0.25) is 0 Å². The molecule has 0 spiro atoms. The van der Waals surface area contributed by atoms with E-state index in [4.69, 9.17) is 5.11 Å². The Labute approximate surface area is 142 Å². The van der Waals surface area contributed by atoms with Crippen molar-refractivity contribution < 1.29 is 19.5 Å². The molecule has 130 valence electrons. The minimum Gasteiger partial charge on any atom is -0.480 e. The van der Waals surface area contributed by atoms with Gasteiger partial charge in [0.25, 0.3) is 5.91 Å². The van der Waals surface area contributed by atoms with Crippen molar-refractivity contribution in [1.29, 1.82) is 0 Å². The largest absolute Gasteiger partial charge is 0.480 e. The topological polar surface area (TPSA) is 77.9 Å². The third-order valence-electron chi connectivity index (χ3n) is 4.29. The zero-order valence-electron chi connectivity index (χ0n) is 14.1. The maximum absolute atomic E-state index is 12.7. The average molecular weight is 332 g/mol. The highest BCUT2D eigenvalue weighted by Crippen LogP contribution is 2.21. The summed E-state index contributed by atoms with van der Waals surface area (Å²) < 4.78 is 0. The van der Waals surface area contributed by atoms with E-state index in [0.29, 0.717) is 25.1 Å². The molecule has 0 radical (unpaired) electrons. The van der Waals surface area contributed by atoms with Crippen LogP contribution in [0.5, 0.6) is 0 Å². The van der Waals surface area contributed by atoms with Crippen LogP contribution in [0.1, 0.15) is 37.0 Å². The van der Waals surface area contributed by atoms with Crippen LogP contribution in [-0.2, 0) is 9.59 Å². The first-order valence-electron chi connectivity index (χ1n) is 8.26. The number of likely N-dealkylation sites (tertiary alicyclic amines) is 1. The zero-order chi connectivity index (χ0) is 17.7. The Hall–Kier alpha value is -2.37. The lowest BCUT2D eigenvalue weighted by Gasteiger charge is -2.36. The number of carbonyl (C=O) groups is 3. The second kappa shape index (κ2) is 7.95. The Bertz CT molecular complexity index is 600. The fourth-order valence-electron chi connectivity index (χ4n) is 3.02. The number of carboxylic acids is 1. The molecule has 1 heterocycles. The van der Waals surface area contributed by atoms with Gasteiger partial charge in [0.15, 0.2) is 0 Å². The molecule has 1 unspecified atom stereocenters. The van der Waals surface area contributed by atoms with Gasteiger partial charge in [-0.05, 0) is 38.8 Å². The number of rotatable bonds is 5. The van der Waals surface area contributed by atoms with E-state index < -0.39 is 5.97 Å². The van der Waals surface area contributed by atoms with Crippen molar-refractivity contribution in [2.75, 3.05) is 19.6 Å². The van der Waals surface area contributed by atoms with Crippen LogP contribution in [0.15, 0.2) is 30.3 Å². The average Bonchev–Trinajstić information content (AvgIpc) is 2.59. The van der Waals surface area contributed by atoms with E-state index in [1.54, 1.807) is 30.9 Å². The van der Waals surface area contributed by atoms with Gasteiger partial charge in [0, 0.05) is 24.7 Å². The van der Waals surface area contributed by atoms with Gasteiger partial charge in [0.1, 0.15) is 6.54 Å². The van der Waals surface area contributed by atoms with Gasteiger partial charge in [-0.15, -0.1) is 0 Å². The molecule has 6 heteroatoms. The fourth-order valence-corrected chi connectivity index (χ4v) is 3.02. The number of piperidine rings is 1. The normalized spacial score (nSPS) is 17.6. The molecule has 2 amide bonds. The summed E-state index contributed by atoms with van der Waals surface area (Å²) in [5.74, 6) is -1.63. The Morgan fingerprint density at radius 1 is 1.25 bits per heavy atom. The molecule has 1 fully saturated rings. The molecule has 1 aliphatic rings. The Kier molecular flexibility index (Phi) is 5.95. The summed E-state index contributed by atoms with van der Waals surface area (Å²) in [6.45, 7) is 4.26. The van der Waals surface area contributed by atoms with Gasteiger partial charge >= 0.3 is 5.97 Å². The first kappa shape index (κ1) is 18.0. The third kappa shape index (κ3) is 4.34. The molecule has 0 aliphatic carbocycles. The summed E-state index contributed by atoms with van der Waals surface area (Å²) in [7, 11) is 0. The number of hydrogen-bond acceptors (Lipinski definition) is 3. The first-order valence-corrected chi connectivity index (χ1v) is 8.26. The van der Waals surface area contributed by atoms with Crippen LogP contribution in [0, 0.1) is 5.92 Å². The molecule has 1 aromatic carbocycles. The number of hydrogen-bond donors (Lipinski definition) is 1. The van der Waals surface area contributed by atoms with E-state index >= 15 is 0 Å². The molecule has 24 heavy (non-hydrogen) atoms. The minimum absolute atomic E-state index is 0.0811. The van der Waals surface area contributed by atoms with Crippen molar-refractivity contribution in [1.82, 2.24) is 9.80 Å². The Morgan fingerprint density at radius 3 is 2.50 bits per heavy atom. The van der Waals surface area contributed by atoms with Gasteiger partial charge < -0.3 is 14.9 Å². The second-order valence-corrected chi connectivity index (χ2v) is 6.41. The number of carboxylic acid groups (broad SMARTS) is 1. The lowest BCUT2D eigenvalue weighted by Crippen LogP contribution is -2.49. The maximum Gasteiger partial charge on any atom is 0.323 e. The summed E-state index contributed by atoms with van der Waals surface area (Å²) in [5.41, 5.74) is 0.608. The van der Waals surface area contributed by atoms with E-state index in [-0.39, 0.29) is 30.3 Å². The molecule has 1 saturated heterocycles. The summed E-state index contributed by atoms with van der Waals surface area (Å²) in [6.07, 6.45) is 1.42. The van der Waals surface area contributed by atoms with Gasteiger partial charge in [-0.3, -0.25) is 14.4 Å². The summed E-state index contributed by atoms with van der Waals surface area (Å²) in [6, 6.07) is 8.82. The first-order chi connectivity index (χ1) is 11.4. The predicted molar refractivity (Wildman–Crippen MR) is 89.6 cm³/mol. The van der Waals surface area contributed by atoms with Crippen LogP contribution in [0.3, 0.4) is 0 Å². The molecule has 1 N–H and O–H groups in total. The highest BCUT2D eigenvalue weighted by atomic mass is 16.4. The molecular formula is C18H24N2O4. The van der Waals surface area contributed by atoms with Crippen LogP contribution in [-0.4, -0.2) is 58.4 Å². The lowest BCUT2D eigenvalue weighted by atomic mass is 9.95. The molecule has 0 aromatic heterocycles. The molecule has 1 aliphatic heterocycles. The van der Waals surface area contributed by atoms with Crippen molar-refractivity contribution in [3.63, 3.8) is 0 Å². The molecule has 6 nitrogen and oxygen atoms in total. The van der Waals surface area contributed by atoms with Crippen LogP contribution < -0.4 is 0 Å². The third-order valence-corrected chi connectivity index (χ3v) is 4.29. The Balaban J connectivity index is 2.07. The molecule has 0 saturated carbocycles. The number of benzene rings is 1. The van der Waals surface area contributed by atoms with Gasteiger partial charge in [-0.25, -0.2) is 0 Å². The summed E-state index contributed by atoms with van der Waals surface area (Å²) in [4.78, 5) is 39.3. The number of amides is 2. The van der Waals surface area contributed by atoms with Crippen molar-refractivity contribution in [2.45, 2.75) is 32.7 Å². The van der Waals surface area contributed by atoms with Crippen LogP contribution in [0.25, 0.3) is 0 Å². The van der Waals surface area contributed by atoms with Gasteiger partial charge in [-0.2, -0.15) is 0 Å². The van der Waals surface area contributed by atoms with E-state index in [9.17, 15) is 14.4 Å². The molecule has 2 rings (SSSR count). The zero-order valence-corrected chi connectivity index (χ0v) is 14.1. The quantitative estimate of drug-likeness (QED) is 0.893. The van der Waals surface area contributed by atoms with Crippen molar-refractivity contribution in [3.8, 4) is 0 Å². The van der Waals surface area contributed by atoms with Crippen LogP contribution >= 0.6 is 0 Å². The number of nitrogens with zero attached hydrogens (tertiary/aromatic N) is 2. The summed E-state index contributed by atoms with van der Waals surface area (Å²) in [5, 5.41) is 9.01. The van der Waals surface area contributed by atoms with Gasteiger partial charge in [0.2, 0.25) is 5.91 Å². The lowest BCUT2D eigenvalue weighted by molar-refractivity contribution is -0.148. The van der Waals surface area contributed by atoms with Gasteiger partial charge in [-0.1, -0.05) is 18.2 Å². The highest BCUT2D eigenvalue weighted by molar-refractivity contribution is 5.94. The van der Waals surface area contributed by atoms with Crippen molar-refractivity contribution >= 4 is 17.8 Å². The second-order valence-electron chi connectivity index (χ2n) is 6.41. The monoisotopic (exact) mass is 332 g/mol. The van der Waals surface area contributed by atoms with E-state index in [1.807, 2.05) is 18.2 Å². The fraction of sp³-hybridized carbons (Fsp3) is 0.500. The van der Waals surface area contributed by atoms with E-state index in [0.717, 1.165) is 6.42 Å². The molecule has 1 atom stereocenters. The standard InChI is InChI=1S/C18H24N2O4/c1-13(2)20(12-16(21)22)18(24)15-9-6-10-19(11-15)17(23)14-7-4-3-5-8-14/h3-5,7-8,13,15H,6,9-12H2,1-2H3,(H,21,22). The minimum atomic E-state index is -1.02. The number of carbonyl (C=O) groups excluding carboxylic acids is 2. The summed E-state index contributed by atoms with van der Waals surface area (Å²) >= 11 is 0. The molecular weight excluding hydrogens is 308 g/mol. The maximum atomic E-state index is 12.7. The Morgan fingerprint density at radius 2 is 1.92 bits per heavy atom. The van der Waals surface area contributed by atoms with Gasteiger partial charge in [0.05, 0.1) is 5.92 Å². The molecule has 1 aromatic rings. The van der Waals surface area contributed by atoms with E-state index in [1.165, 1.54) is 4.90 Å². The SMILES string of the molecule is CC(C)N(CC(=O)O)C(=O)C1CCCN(C(=O)c2ccccc2)C1. The van der Waals surface area contributed by atoms with Crippen molar-refractivity contribution in [3.05, 3.63) is 35.9 Å². The highest BCUT2D eigenvalue weighted by Gasteiger charge is 2.33. The van der Waals surface area contributed by atoms with E-state index in [2.05, 4.69) is 0 Å². The smallest absolute Gasteiger partial charge is 0.323 e. The number of aliphatic carboxylic acids is 1. The molecule has 0 bridgehead atoms. The predicted octanol–water partition coefficient (Wildman–Crippen LogP) is 1.86. The van der Waals surface area contributed by atoms with Crippen molar-refractivity contribution in [2.24, 2.45) is 5.92 Å². The van der Waals surface area contributed by atoms with Crippen LogP contribution in [0.4, 0.5) is 0 Å².